The van der Waals surface area contributed by atoms with Crippen molar-refractivity contribution in [2.45, 2.75) is 32.1 Å². The molecular weight excluding hydrogens is 340 g/mol. The molecule has 2 aromatic rings. The van der Waals surface area contributed by atoms with Crippen LogP contribution >= 0.6 is 0 Å². The second-order valence-corrected chi connectivity index (χ2v) is 7.72. The molecule has 2 saturated heterocycles. The summed E-state index contributed by atoms with van der Waals surface area (Å²) >= 11 is 0. The van der Waals surface area contributed by atoms with E-state index in [0.717, 1.165) is 45.2 Å². The molecule has 27 heavy (non-hydrogen) atoms. The summed E-state index contributed by atoms with van der Waals surface area (Å²) < 4.78 is 5.24. The van der Waals surface area contributed by atoms with Crippen LogP contribution in [0.2, 0.25) is 0 Å². The fraction of sp³-hybridized carbons (Fsp3) is 0.455. The van der Waals surface area contributed by atoms with Gasteiger partial charge in [0.05, 0.1) is 11.7 Å². The van der Waals surface area contributed by atoms with Crippen molar-refractivity contribution in [1.29, 1.82) is 0 Å². The molecule has 0 aliphatic carbocycles. The summed E-state index contributed by atoms with van der Waals surface area (Å²) in [5.41, 5.74) is 0.917. The van der Waals surface area contributed by atoms with Crippen LogP contribution in [0, 0.1) is 5.41 Å². The second kappa shape index (κ2) is 7.59. The maximum Gasteiger partial charge on any atom is 0.289 e. The van der Waals surface area contributed by atoms with Crippen LogP contribution in [-0.2, 0) is 11.2 Å². The standard InChI is InChI=1S/C22H26N2O3/c25-20(19-10-5-16-27-19)24-15-12-22(17-24)11-6-14-23(21(22)26)13-4-9-18-7-2-1-3-8-18/h1-3,5,7-8,10,16H,4,6,9,11-15,17H2. The average molecular weight is 366 g/mol. The lowest BCUT2D eigenvalue weighted by Gasteiger charge is -2.39. The third-order valence-electron chi connectivity index (χ3n) is 5.93. The Morgan fingerprint density at radius 1 is 1.07 bits per heavy atom. The van der Waals surface area contributed by atoms with Gasteiger partial charge in [0.2, 0.25) is 5.91 Å². The Bertz CT molecular complexity index is 787. The van der Waals surface area contributed by atoms with E-state index in [1.54, 1.807) is 17.0 Å². The number of amides is 2. The molecular formula is C22H26N2O3. The summed E-state index contributed by atoms with van der Waals surface area (Å²) in [5, 5.41) is 0. The topological polar surface area (TPSA) is 53.8 Å². The molecule has 5 nitrogen and oxygen atoms in total. The van der Waals surface area contributed by atoms with E-state index in [4.69, 9.17) is 4.42 Å². The van der Waals surface area contributed by atoms with E-state index in [1.807, 2.05) is 11.0 Å². The minimum atomic E-state index is -0.396. The van der Waals surface area contributed by atoms with Crippen molar-refractivity contribution < 1.29 is 14.0 Å². The smallest absolute Gasteiger partial charge is 0.289 e. The summed E-state index contributed by atoms with van der Waals surface area (Å²) in [6, 6.07) is 13.8. The zero-order chi connectivity index (χ0) is 18.7. The number of rotatable bonds is 5. The van der Waals surface area contributed by atoms with Gasteiger partial charge < -0.3 is 14.2 Å². The molecule has 5 heteroatoms. The maximum atomic E-state index is 13.2. The van der Waals surface area contributed by atoms with E-state index in [9.17, 15) is 9.59 Å². The summed E-state index contributed by atoms with van der Waals surface area (Å²) in [6.07, 6.45) is 6.12. The van der Waals surface area contributed by atoms with Gasteiger partial charge in [-0.1, -0.05) is 30.3 Å². The van der Waals surface area contributed by atoms with Crippen molar-refractivity contribution in [2.75, 3.05) is 26.2 Å². The van der Waals surface area contributed by atoms with Crippen LogP contribution in [0.15, 0.2) is 53.1 Å². The highest BCUT2D eigenvalue weighted by molar-refractivity contribution is 5.93. The molecule has 0 saturated carbocycles. The Balaban J connectivity index is 1.36. The number of aryl methyl sites for hydroxylation is 1. The van der Waals surface area contributed by atoms with Gasteiger partial charge in [-0.05, 0) is 49.8 Å². The molecule has 0 N–H and O–H groups in total. The van der Waals surface area contributed by atoms with Crippen molar-refractivity contribution in [1.82, 2.24) is 9.80 Å². The van der Waals surface area contributed by atoms with Gasteiger partial charge in [0.1, 0.15) is 0 Å². The normalized spacial score (nSPS) is 22.6. The molecule has 2 fully saturated rings. The highest BCUT2D eigenvalue weighted by Crippen LogP contribution is 2.40. The number of hydrogen-bond donors (Lipinski definition) is 0. The van der Waals surface area contributed by atoms with Crippen molar-refractivity contribution in [3.8, 4) is 0 Å². The van der Waals surface area contributed by atoms with Crippen molar-refractivity contribution in [3.63, 3.8) is 0 Å². The number of carbonyl (C=O) groups excluding carboxylic acids is 2. The number of nitrogens with zero attached hydrogens (tertiary/aromatic N) is 2. The quantitative estimate of drug-likeness (QED) is 0.815. The fourth-order valence-electron chi connectivity index (χ4n) is 4.46. The number of likely N-dealkylation sites (tertiary alicyclic amines) is 2. The summed E-state index contributed by atoms with van der Waals surface area (Å²) in [4.78, 5) is 29.6. The number of piperidine rings is 1. The molecule has 2 aliphatic heterocycles. The molecule has 0 radical (unpaired) electrons. The van der Waals surface area contributed by atoms with Gasteiger partial charge in [-0.15, -0.1) is 0 Å². The fourth-order valence-corrected chi connectivity index (χ4v) is 4.46. The molecule has 3 heterocycles. The second-order valence-electron chi connectivity index (χ2n) is 7.72. The Morgan fingerprint density at radius 2 is 1.93 bits per heavy atom. The summed E-state index contributed by atoms with van der Waals surface area (Å²) in [5.74, 6) is 0.484. The number of hydrogen-bond acceptors (Lipinski definition) is 3. The highest BCUT2D eigenvalue weighted by atomic mass is 16.3. The van der Waals surface area contributed by atoms with Gasteiger partial charge in [-0.25, -0.2) is 0 Å². The van der Waals surface area contributed by atoms with E-state index in [-0.39, 0.29) is 11.8 Å². The zero-order valence-corrected chi connectivity index (χ0v) is 15.6. The minimum absolute atomic E-state index is 0.106. The number of carbonyl (C=O) groups is 2. The van der Waals surface area contributed by atoms with Gasteiger partial charge in [0.25, 0.3) is 5.91 Å². The maximum absolute atomic E-state index is 13.2. The molecule has 142 valence electrons. The molecule has 0 bridgehead atoms. The van der Waals surface area contributed by atoms with Crippen LogP contribution in [0.3, 0.4) is 0 Å². The molecule has 1 spiro atoms. The summed E-state index contributed by atoms with van der Waals surface area (Å²) in [6.45, 7) is 2.77. The zero-order valence-electron chi connectivity index (χ0n) is 15.6. The van der Waals surface area contributed by atoms with Crippen LogP contribution in [-0.4, -0.2) is 47.8 Å². The summed E-state index contributed by atoms with van der Waals surface area (Å²) in [7, 11) is 0. The Morgan fingerprint density at radius 3 is 2.70 bits per heavy atom. The molecule has 1 atom stereocenters. The molecule has 2 amide bonds. The SMILES string of the molecule is O=C(c1ccco1)N1CCC2(CCCN(CCCc3ccccc3)C2=O)C1. The Labute approximate surface area is 159 Å². The van der Waals surface area contributed by atoms with E-state index in [1.165, 1.54) is 11.8 Å². The first kappa shape index (κ1) is 17.8. The van der Waals surface area contributed by atoms with Gasteiger partial charge in [-0.3, -0.25) is 9.59 Å². The largest absolute Gasteiger partial charge is 0.459 e. The van der Waals surface area contributed by atoms with Crippen LogP contribution < -0.4 is 0 Å². The molecule has 1 aromatic heterocycles. The highest BCUT2D eigenvalue weighted by Gasteiger charge is 2.49. The number of furan rings is 1. The van der Waals surface area contributed by atoms with Crippen molar-refractivity contribution in [2.24, 2.45) is 5.41 Å². The lowest BCUT2D eigenvalue weighted by molar-refractivity contribution is -0.145. The first-order valence-electron chi connectivity index (χ1n) is 9.84. The predicted octanol–water partition coefficient (Wildman–Crippen LogP) is 3.37. The van der Waals surface area contributed by atoms with Crippen LogP contribution in [0.25, 0.3) is 0 Å². The van der Waals surface area contributed by atoms with Crippen molar-refractivity contribution >= 4 is 11.8 Å². The average Bonchev–Trinajstić information content (AvgIpc) is 3.37. The third kappa shape index (κ3) is 3.64. The van der Waals surface area contributed by atoms with Gasteiger partial charge in [0.15, 0.2) is 5.76 Å². The lowest BCUT2D eigenvalue weighted by Crippen LogP contribution is -2.50. The predicted molar refractivity (Wildman–Crippen MR) is 102 cm³/mol. The molecule has 1 unspecified atom stereocenters. The van der Waals surface area contributed by atoms with Gasteiger partial charge in [-0.2, -0.15) is 0 Å². The van der Waals surface area contributed by atoms with Crippen LogP contribution in [0.1, 0.15) is 41.8 Å². The van der Waals surface area contributed by atoms with Crippen LogP contribution in [0.5, 0.6) is 0 Å². The molecule has 2 aliphatic rings. The van der Waals surface area contributed by atoms with E-state index < -0.39 is 5.41 Å². The van der Waals surface area contributed by atoms with Gasteiger partial charge in [0, 0.05) is 26.2 Å². The monoisotopic (exact) mass is 366 g/mol. The lowest BCUT2D eigenvalue weighted by atomic mass is 9.78. The number of benzene rings is 1. The minimum Gasteiger partial charge on any atom is -0.459 e. The first-order chi connectivity index (χ1) is 13.2. The molecule has 4 rings (SSSR count). The van der Waals surface area contributed by atoms with Crippen LogP contribution in [0.4, 0.5) is 0 Å². The molecule has 1 aromatic carbocycles. The Kier molecular flexibility index (Phi) is 5.01. The third-order valence-corrected chi connectivity index (χ3v) is 5.93. The van der Waals surface area contributed by atoms with Gasteiger partial charge >= 0.3 is 0 Å². The van der Waals surface area contributed by atoms with E-state index in [2.05, 4.69) is 24.3 Å². The van der Waals surface area contributed by atoms with E-state index >= 15 is 0 Å². The Hall–Kier alpha value is -2.56. The van der Waals surface area contributed by atoms with Crippen molar-refractivity contribution in [3.05, 3.63) is 60.1 Å². The first-order valence-corrected chi connectivity index (χ1v) is 9.84. The van der Waals surface area contributed by atoms with E-state index in [0.29, 0.717) is 18.8 Å².